The molecule has 0 aliphatic heterocycles. The third kappa shape index (κ3) is 2.75. The van der Waals surface area contributed by atoms with E-state index >= 15 is 0 Å². The normalized spacial score (nSPS) is 12.5. The number of rotatable bonds is 4. The van der Waals surface area contributed by atoms with Gasteiger partial charge in [0.1, 0.15) is 17.0 Å². The summed E-state index contributed by atoms with van der Waals surface area (Å²) in [5, 5.41) is 19.9. The molecule has 0 saturated heterocycles. The van der Waals surface area contributed by atoms with Gasteiger partial charge in [-0.05, 0) is 38.1 Å². The average Bonchev–Trinajstić information content (AvgIpc) is 2.99. The maximum absolute atomic E-state index is 11.2. The van der Waals surface area contributed by atoms with Crippen molar-refractivity contribution < 1.29 is 9.34 Å². The van der Waals surface area contributed by atoms with Crippen LogP contribution in [0.4, 0.5) is 11.5 Å². The maximum Gasteiger partial charge on any atom is 0.333 e. The van der Waals surface area contributed by atoms with Gasteiger partial charge < -0.3 is 9.73 Å². The zero-order valence-electron chi connectivity index (χ0n) is 12.8. The van der Waals surface area contributed by atoms with Crippen LogP contribution in [0.5, 0.6) is 0 Å². The number of hydrogen-bond donors (Lipinski definition) is 1. The lowest BCUT2D eigenvalue weighted by atomic mass is 10.2. The molecule has 23 heavy (non-hydrogen) atoms. The summed E-state index contributed by atoms with van der Waals surface area (Å²) in [7, 11) is 1.66. The lowest BCUT2D eigenvalue weighted by molar-refractivity contribution is -0.384. The highest BCUT2D eigenvalue weighted by Crippen LogP contribution is 2.32. The Labute approximate surface area is 137 Å². The van der Waals surface area contributed by atoms with Gasteiger partial charge in [0.2, 0.25) is 5.82 Å². The standard InChI is InChI=1S/C15H15ClN4O3/c1-8(13-7-10-6-11(16)4-5-12(10)23-13)17-15-14(20(21)22)9(2)18-19(15)3/h4-8,17H,1-3H3. The van der Waals surface area contributed by atoms with Gasteiger partial charge in [0.05, 0.1) is 11.0 Å². The number of fused-ring (bicyclic) bond motifs is 1. The van der Waals surface area contributed by atoms with E-state index in [-0.39, 0.29) is 11.7 Å². The minimum Gasteiger partial charge on any atom is -0.459 e. The van der Waals surface area contributed by atoms with Crippen LogP contribution in [0.2, 0.25) is 5.02 Å². The Bertz CT molecular complexity index is 900. The van der Waals surface area contributed by atoms with Gasteiger partial charge in [0, 0.05) is 17.5 Å². The molecule has 1 N–H and O–H groups in total. The van der Waals surface area contributed by atoms with Gasteiger partial charge in [0.25, 0.3) is 0 Å². The van der Waals surface area contributed by atoms with Crippen LogP contribution in [0.3, 0.4) is 0 Å². The summed E-state index contributed by atoms with van der Waals surface area (Å²) >= 11 is 5.97. The van der Waals surface area contributed by atoms with Gasteiger partial charge in [-0.3, -0.25) is 10.1 Å². The highest BCUT2D eigenvalue weighted by molar-refractivity contribution is 6.31. The van der Waals surface area contributed by atoms with Gasteiger partial charge in [-0.25, -0.2) is 4.68 Å². The summed E-state index contributed by atoms with van der Waals surface area (Å²) in [5.41, 5.74) is 1.05. The van der Waals surface area contributed by atoms with Gasteiger partial charge in [-0.1, -0.05) is 11.6 Å². The van der Waals surface area contributed by atoms with Crippen molar-refractivity contribution in [3.05, 3.63) is 50.9 Å². The van der Waals surface area contributed by atoms with E-state index in [0.29, 0.717) is 27.9 Å². The molecule has 3 rings (SSSR count). The molecule has 3 aromatic rings. The number of nitrogens with zero attached hydrogens (tertiary/aromatic N) is 3. The summed E-state index contributed by atoms with van der Waals surface area (Å²) in [4.78, 5) is 10.8. The second kappa shape index (κ2) is 5.58. The molecule has 2 aromatic heterocycles. The monoisotopic (exact) mass is 334 g/mol. The molecule has 1 atom stereocenters. The van der Waals surface area contributed by atoms with Crippen molar-refractivity contribution in [2.45, 2.75) is 19.9 Å². The molecule has 0 saturated carbocycles. The van der Waals surface area contributed by atoms with Crippen molar-refractivity contribution >= 4 is 34.1 Å². The summed E-state index contributed by atoms with van der Waals surface area (Å²) in [6.07, 6.45) is 0. The third-order valence-corrected chi connectivity index (χ3v) is 3.89. The highest BCUT2D eigenvalue weighted by atomic mass is 35.5. The quantitative estimate of drug-likeness (QED) is 0.570. The van der Waals surface area contributed by atoms with Crippen molar-refractivity contribution in [2.75, 3.05) is 5.32 Å². The Morgan fingerprint density at radius 1 is 1.43 bits per heavy atom. The molecule has 0 fully saturated rings. The molecule has 7 nitrogen and oxygen atoms in total. The minimum atomic E-state index is -0.435. The topological polar surface area (TPSA) is 86.1 Å². The Hall–Kier alpha value is -2.54. The first-order valence-corrected chi connectivity index (χ1v) is 7.38. The first-order chi connectivity index (χ1) is 10.9. The number of benzene rings is 1. The number of furan rings is 1. The van der Waals surface area contributed by atoms with Crippen LogP contribution < -0.4 is 5.32 Å². The first-order valence-electron chi connectivity index (χ1n) is 7.00. The first kappa shape index (κ1) is 15.4. The fraction of sp³-hybridized carbons (Fsp3) is 0.267. The second-order valence-corrected chi connectivity index (χ2v) is 5.80. The molecular weight excluding hydrogens is 320 g/mol. The SMILES string of the molecule is Cc1nn(C)c(NC(C)c2cc3cc(Cl)ccc3o2)c1[N+](=O)[O-]. The molecule has 0 aliphatic rings. The van der Waals surface area contributed by atoms with Crippen molar-refractivity contribution in [2.24, 2.45) is 7.05 Å². The van der Waals surface area contributed by atoms with Crippen LogP contribution >= 0.6 is 11.6 Å². The highest BCUT2D eigenvalue weighted by Gasteiger charge is 2.26. The van der Waals surface area contributed by atoms with E-state index in [1.54, 1.807) is 26.1 Å². The summed E-state index contributed by atoms with van der Waals surface area (Å²) in [6.45, 7) is 3.47. The number of nitrogens with one attached hydrogen (secondary N) is 1. The Balaban J connectivity index is 1.94. The molecule has 1 aromatic carbocycles. The zero-order chi connectivity index (χ0) is 16.7. The molecule has 0 amide bonds. The van der Waals surface area contributed by atoms with Gasteiger partial charge in [0.15, 0.2) is 0 Å². The van der Waals surface area contributed by atoms with E-state index in [0.717, 1.165) is 5.39 Å². The van der Waals surface area contributed by atoms with E-state index in [1.165, 1.54) is 4.68 Å². The van der Waals surface area contributed by atoms with Crippen molar-refractivity contribution in [3.8, 4) is 0 Å². The van der Waals surface area contributed by atoms with Crippen molar-refractivity contribution in [3.63, 3.8) is 0 Å². The summed E-state index contributed by atoms with van der Waals surface area (Å²) in [5.74, 6) is 1.01. The van der Waals surface area contributed by atoms with Gasteiger partial charge >= 0.3 is 5.69 Å². The van der Waals surface area contributed by atoms with Crippen LogP contribution in [0.25, 0.3) is 11.0 Å². The third-order valence-electron chi connectivity index (χ3n) is 3.65. The number of aromatic nitrogens is 2. The number of anilines is 1. The summed E-state index contributed by atoms with van der Waals surface area (Å²) < 4.78 is 7.25. The molecule has 0 aliphatic carbocycles. The van der Waals surface area contributed by atoms with Crippen LogP contribution in [0.1, 0.15) is 24.4 Å². The zero-order valence-corrected chi connectivity index (χ0v) is 13.6. The fourth-order valence-electron chi connectivity index (χ4n) is 2.55. The van der Waals surface area contributed by atoms with Gasteiger partial charge in [-0.15, -0.1) is 0 Å². The molecular formula is C15H15ClN4O3. The van der Waals surface area contributed by atoms with E-state index in [2.05, 4.69) is 10.4 Å². The van der Waals surface area contributed by atoms with E-state index in [1.807, 2.05) is 19.1 Å². The Morgan fingerprint density at radius 2 is 2.17 bits per heavy atom. The molecule has 120 valence electrons. The van der Waals surface area contributed by atoms with Crippen LogP contribution in [0, 0.1) is 17.0 Å². The predicted molar refractivity (Wildman–Crippen MR) is 87.9 cm³/mol. The van der Waals surface area contributed by atoms with E-state index < -0.39 is 4.92 Å². The minimum absolute atomic E-state index is 0.0292. The van der Waals surface area contributed by atoms with Crippen molar-refractivity contribution in [1.82, 2.24) is 9.78 Å². The molecule has 8 heteroatoms. The largest absolute Gasteiger partial charge is 0.459 e. The van der Waals surface area contributed by atoms with E-state index in [9.17, 15) is 10.1 Å². The smallest absolute Gasteiger partial charge is 0.333 e. The Kier molecular flexibility index (Phi) is 3.73. The van der Waals surface area contributed by atoms with Crippen LogP contribution in [0.15, 0.2) is 28.7 Å². The average molecular weight is 335 g/mol. The number of aryl methyl sites for hydroxylation is 2. The lowest BCUT2D eigenvalue weighted by Gasteiger charge is -2.12. The fourth-order valence-corrected chi connectivity index (χ4v) is 2.73. The Morgan fingerprint density at radius 3 is 2.87 bits per heavy atom. The van der Waals surface area contributed by atoms with E-state index in [4.69, 9.17) is 16.0 Å². The number of nitro groups is 1. The summed E-state index contributed by atoms with van der Waals surface area (Å²) in [6, 6.07) is 6.96. The van der Waals surface area contributed by atoms with Crippen molar-refractivity contribution in [1.29, 1.82) is 0 Å². The lowest BCUT2D eigenvalue weighted by Crippen LogP contribution is -2.10. The molecule has 1 unspecified atom stereocenters. The molecule has 2 heterocycles. The second-order valence-electron chi connectivity index (χ2n) is 5.36. The molecule has 0 bridgehead atoms. The van der Waals surface area contributed by atoms with Crippen LogP contribution in [-0.2, 0) is 7.05 Å². The maximum atomic E-state index is 11.2. The number of halogens is 1. The number of hydrogen-bond acceptors (Lipinski definition) is 5. The van der Waals surface area contributed by atoms with Crippen LogP contribution in [-0.4, -0.2) is 14.7 Å². The van der Waals surface area contributed by atoms with Gasteiger partial charge in [-0.2, -0.15) is 5.10 Å². The molecule has 0 radical (unpaired) electrons. The molecule has 0 spiro atoms. The predicted octanol–water partition coefficient (Wildman–Crippen LogP) is 4.21.